The van der Waals surface area contributed by atoms with Crippen LogP contribution in [-0.2, 0) is 4.79 Å². The van der Waals surface area contributed by atoms with E-state index in [1.54, 1.807) is 0 Å². The molecule has 5 nitrogen and oxygen atoms in total. The summed E-state index contributed by atoms with van der Waals surface area (Å²) in [5.74, 6) is -0.242. The van der Waals surface area contributed by atoms with Gasteiger partial charge < -0.3 is 22.5 Å². The molecule has 0 saturated heterocycles. The highest BCUT2D eigenvalue weighted by Gasteiger charge is 2.08. The highest BCUT2D eigenvalue weighted by atomic mass is 16.1. The number of rotatable bonds is 10. The van der Waals surface area contributed by atoms with Crippen LogP contribution in [-0.4, -0.2) is 31.6 Å². The molecule has 7 N–H and O–H groups in total. The largest absolute Gasteiger partial charge is 0.370 e. The molecule has 5 heteroatoms. The van der Waals surface area contributed by atoms with Gasteiger partial charge in [0.05, 0.1) is 0 Å². The van der Waals surface area contributed by atoms with Gasteiger partial charge in [-0.15, -0.1) is 0 Å². The van der Waals surface area contributed by atoms with Gasteiger partial charge in [0, 0.05) is 12.5 Å². The third kappa shape index (κ3) is 9.65. The fourth-order valence-electron chi connectivity index (χ4n) is 1.44. The van der Waals surface area contributed by atoms with Gasteiger partial charge in [-0.1, -0.05) is 0 Å². The smallest absolute Gasteiger partial charge is 0.217 e. The Morgan fingerprint density at radius 3 is 2.33 bits per heavy atom. The van der Waals surface area contributed by atoms with Crippen molar-refractivity contribution < 1.29 is 4.79 Å². The van der Waals surface area contributed by atoms with Gasteiger partial charge in [0.2, 0.25) is 5.91 Å². The number of hydrogen-bond donors (Lipinski definition) is 4. The van der Waals surface area contributed by atoms with E-state index in [1.807, 2.05) is 0 Å². The molecule has 0 spiro atoms. The highest BCUT2D eigenvalue weighted by molar-refractivity contribution is 5.73. The molecule has 0 aliphatic heterocycles. The van der Waals surface area contributed by atoms with Gasteiger partial charge in [0.1, 0.15) is 0 Å². The van der Waals surface area contributed by atoms with Crippen LogP contribution < -0.4 is 22.5 Å². The summed E-state index contributed by atoms with van der Waals surface area (Å²) >= 11 is 0. The van der Waals surface area contributed by atoms with E-state index in [9.17, 15) is 4.79 Å². The number of carbonyl (C=O) groups excluding carboxylic acids is 1. The maximum absolute atomic E-state index is 10.7. The number of nitrogens with one attached hydrogen (secondary N) is 1. The van der Waals surface area contributed by atoms with Crippen LogP contribution in [0, 0.1) is 0 Å². The van der Waals surface area contributed by atoms with Crippen LogP contribution in [0.5, 0.6) is 0 Å². The highest BCUT2D eigenvalue weighted by Crippen LogP contribution is 2.04. The zero-order valence-corrected chi connectivity index (χ0v) is 9.37. The van der Waals surface area contributed by atoms with Crippen LogP contribution in [0.2, 0.25) is 0 Å². The second-order valence-corrected chi connectivity index (χ2v) is 3.73. The molecule has 0 saturated carbocycles. The maximum atomic E-state index is 10.7. The summed E-state index contributed by atoms with van der Waals surface area (Å²) in [6.45, 7) is 2.27. The van der Waals surface area contributed by atoms with Crippen molar-refractivity contribution in [1.29, 1.82) is 0 Å². The summed E-state index contributed by atoms with van der Waals surface area (Å²) < 4.78 is 0. The van der Waals surface area contributed by atoms with Gasteiger partial charge >= 0.3 is 0 Å². The van der Waals surface area contributed by atoms with E-state index < -0.39 is 0 Å². The Hall–Kier alpha value is -0.650. The molecule has 0 radical (unpaired) electrons. The van der Waals surface area contributed by atoms with E-state index in [-0.39, 0.29) is 5.91 Å². The van der Waals surface area contributed by atoms with Crippen LogP contribution in [0.4, 0.5) is 0 Å². The van der Waals surface area contributed by atoms with Crippen molar-refractivity contribution in [2.24, 2.45) is 17.2 Å². The molecule has 1 atom stereocenters. The number of primary amides is 1. The quantitative estimate of drug-likeness (QED) is 0.362. The molecule has 90 valence electrons. The number of carbonyl (C=O) groups is 1. The average Bonchev–Trinajstić information content (AvgIpc) is 2.21. The lowest BCUT2D eigenvalue weighted by atomic mass is 10.1. The van der Waals surface area contributed by atoms with E-state index in [2.05, 4.69) is 5.32 Å². The molecule has 1 unspecified atom stereocenters. The molecule has 0 fully saturated rings. The first-order valence-electron chi connectivity index (χ1n) is 5.62. The normalized spacial score (nSPS) is 12.7. The van der Waals surface area contributed by atoms with Crippen molar-refractivity contribution in [3.05, 3.63) is 0 Å². The lowest BCUT2D eigenvalue weighted by molar-refractivity contribution is -0.118. The standard InChI is InChI=1S/C10H24N4O/c11-6-1-3-9(4-5-10(13)15)14-8-2-7-12/h9,14H,1-8,11-12H2,(H2,13,15). The summed E-state index contributed by atoms with van der Waals surface area (Å²) in [6.07, 6.45) is 4.15. The minimum absolute atomic E-state index is 0.242. The topological polar surface area (TPSA) is 107 Å². The Morgan fingerprint density at radius 1 is 1.13 bits per heavy atom. The number of hydrogen-bond acceptors (Lipinski definition) is 4. The van der Waals surface area contributed by atoms with Crippen LogP contribution in [0.3, 0.4) is 0 Å². The predicted molar refractivity (Wildman–Crippen MR) is 62.2 cm³/mol. The predicted octanol–water partition coefficient (Wildman–Crippen LogP) is -0.702. The van der Waals surface area contributed by atoms with Gasteiger partial charge in [-0.25, -0.2) is 0 Å². The Kier molecular flexibility index (Phi) is 9.46. The minimum Gasteiger partial charge on any atom is -0.370 e. The summed E-state index contributed by atoms with van der Waals surface area (Å²) in [5, 5.41) is 3.37. The van der Waals surface area contributed by atoms with Crippen molar-refractivity contribution in [1.82, 2.24) is 5.32 Å². The third-order valence-electron chi connectivity index (χ3n) is 2.31. The zero-order valence-electron chi connectivity index (χ0n) is 9.37. The summed E-state index contributed by atoms with van der Waals surface area (Å²) in [5.41, 5.74) is 16.0. The SMILES string of the molecule is NCCCNC(CCCN)CCC(N)=O. The van der Waals surface area contributed by atoms with Gasteiger partial charge in [0.25, 0.3) is 0 Å². The Balaban J connectivity index is 3.67. The molecule has 0 aliphatic rings. The van der Waals surface area contributed by atoms with Crippen molar-refractivity contribution in [2.45, 2.75) is 38.1 Å². The minimum atomic E-state index is -0.242. The van der Waals surface area contributed by atoms with E-state index >= 15 is 0 Å². The monoisotopic (exact) mass is 216 g/mol. The second-order valence-electron chi connectivity index (χ2n) is 3.73. The number of amides is 1. The van der Waals surface area contributed by atoms with Crippen molar-refractivity contribution >= 4 is 5.91 Å². The molecule has 0 aromatic carbocycles. The van der Waals surface area contributed by atoms with Crippen LogP contribution in [0.15, 0.2) is 0 Å². The first-order valence-corrected chi connectivity index (χ1v) is 5.62. The van der Waals surface area contributed by atoms with Gasteiger partial charge in [-0.2, -0.15) is 0 Å². The van der Waals surface area contributed by atoms with Crippen molar-refractivity contribution in [3.63, 3.8) is 0 Å². The van der Waals surface area contributed by atoms with Gasteiger partial charge in [-0.3, -0.25) is 4.79 Å². The fraction of sp³-hybridized carbons (Fsp3) is 0.900. The third-order valence-corrected chi connectivity index (χ3v) is 2.31. The van der Waals surface area contributed by atoms with E-state index in [0.717, 1.165) is 32.2 Å². The summed E-state index contributed by atoms with van der Waals surface area (Å²) in [4.78, 5) is 10.7. The molecule has 0 bridgehead atoms. The Bertz CT molecular complexity index is 164. The Labute approximate surface area is 91.8 Å². The molecule has 0 aromatic rings. The van der Waals surface area contributed by atoms with Crippen LogP contribution in [0.25, 0.3) is 0 Å². The lowest BCUT2D eigenvalue weighted by Crippen LogP contribution is -2.32. The average molecular weight is 216 g/mol. The molecule has 0 heterocycles. The molecule has 0 rings (SSSR count). The van der Waals surface area contributed by atoms with Gasteiger partial charge in [-0.05, 0) is 45.3 Å². The van der Waals surface area contributed by atoms with E-state index in [1.165, 1.54) is 0 Å². The van der Waals surface area contributed by atoms with Gasteiger partial charge in [0.15, 0.2) is 0 Å². The second kappa shape index (κ2) is 9.89. The lowest BCUT2D eigenvalue weighted by Gasteiger charge is -2.17. The van der Waals surface area contributed by atoms with E-state index in [0.29, 0.717) is 25.6 Å². The van der Waals surface area contributed by atoms with Crippen molar-refractivity contribution in [2.75, 3.05) is 19.6 Å². The van der Waals surface area contributed by atoms with Crippen molar-refractivity contribution in [3.8, 4) is 0 Å². The first-order chi connectivity index (χ1) is 7.20. The Morgan fingerprint density at radius 2 is 1.80 bits per heavy atom. The summed E-state index contributed by atoms with van der Waals surface area (Å²) in [7, 11) is 0. The zero-order chi connectivity index (χ0) is 11.5. The molecule has 0 aromatic heterocycles. The fourth-order valence-corrected chi connectivity index (χ4v) is 1.44. The van der Waals surface area contributed by atoms with Crippen LogP contribution in [0.1, 0.15) is 32.1 Å². The summed E-state index contributed by atoms with van der Waals surface area (Å²) in [6, 6.07) is 0.340. The molecule has 1 amide bonds. The number of nitrogens with two attached hydrogens (primary N) is 3. The van der Waals surface area contributed by atoms with E-state index in [4.69, 9.17) is 17.2 Å². The molecule has 0 aliphatic carbocycles. The molecular formula is C10H24N4O. The first kappa shape index (κ1) is 14.3. The van der Waals surface area contributed by atoms with Crippen LogP contribution >= 0.6 is 0 Å². The molecule has 15 heavy (non-hydrogen) atoms. The molecular weight excluding hydrogens is 192 g/mol. The maximum Gasteiger partial charge on any atom is 0.217 e.